The van der Waals surface area contributed by atoms with E-state index >= 15 is 0 Å². The van der Waals surface area contributed by atoms with Gasteiger partial charge in [-0.3, -0.25) is 0 Å². The highest BCUT2D eigenvalue weighted by Crippen LogP contribution is 2.32. The molecule has 2 rings (SSSR count). The lowest BCUT2D eigenvalue weighted by Gasteiger charge is -2.18. The van der Waals surface area contributed by atoms with Crippen LogP contribution in [0.4, 0.5) is 0 Å². The molecule has 2 N–H and O–H groups in total. The summed E-state index contributed by atoms with van der Waals surface area (Å²) in [6.45, 7) is 4.16. The fourth-order valence-corrected chi connectivity index (χ4v) is 3.33. The molecule has 21 heavy (non-hydrogen) atoms. The van der Waals surface area contributed by atoms with Gasteiger partial charge in [-0.2, -0.15) is 0 Å². The molecule has 0 bridgehead atoms. The van der Waals surface area contributed by atoms with Crippen LogP contribution in [0.25, 0.3) is 0 Å². The fraction of sp³-hybridized carbons (Fsp3) is 0.294. The topological polar surface area (TPSA) is 35.2 Å². The summed E-state index contributed by atoms with van der Waals surface area (Å²) in [5.41, 5.74) is 9.82. The van der Waals surface area contributed by atoms with Crippen LogP contribution in [0.1, 0.15) is 22.7 Å². The van der Waals surface area contributed by atoms with Crippen molar-refractivity contribution in [2.24, 2.45) is 5.73 Å². The summed E-state index contributed by atoms with van der Waals surface area (Å²) in [6.07, 6.45) is 0. The van der Waals surface area contributed by atoms with E-state index in [1.165, 1.54) is 16.0 Å². The zero-order valence-electron chi connectivity index (χ0n) is 12.5. The molecule has 4 heteroatoms. The van der Waals surface area contributed by atoms with Crippen LogP contribution in [-0.4, -0.2) is 12.9 Å². The summed E-state index contributed by atoms with van der Waals surface area (Å²) in [5.74, 6) is 1.74. The molecule has 1 atom stereocenters. The van der Waals surface area contributed by atoms with Crippen molar-refractivity contribution in [3.8, 4) is 5.75 Å². The summed E-state index contributed by atoms with van der Waals surface area (Å²) in [6, 6.07) is 12.4. The second kappa shape index (κ2) is 7.34. The molecular weight excluding hydrogens is 346 g/mol. The maximum absolute atomic E-state index is 6.36. The van der Waals surface area contributed by atoms with Crippen LogP contribution in [0.2, 0.25) is 0 Å². The van der Waals surface area contributed by atoms with Gasteiger partial charge in [0.1, 0.15) is 5.75 Å². The van der Waals surface area contributed by atoms with Gasteiger partial charge in [0.15, 0.2) is 0 Å². The first kappa shape index (κ1) is 16.4. The minimum absolute atomic E-state index is 0.0482. The molecule has 0 aliphatic heterocycles. The van der Waals surface area contributed by atoms with Gasteiger partial charge in [-0.05, 0) is 49.2 Å². The van der Waals surface area contributed by atoms with Gasteiger partial charge < -0.3 is 10.5 Å². The van der Waals surface area contributed by atoms with E-state index in [1.807, 2.05) is 12.1 Å². The Balaban J connectivity index is 2.11. The maximum Gasteiger partial charge on any atom is 0.126 e. The zero-order chi connectivity index (χ0) is 15.4. The quantitative estimate of drug-likeness (QED) is 0.767. The predicted octanol–water partition coefficient (Wildman–Crippen LogP) is 4.87. The molecule has 0 radical (unpaired) electrons. The number of benzene rings is 2. The number of methoxy groups -OCH3 is 1. The molecule has 112 valence electrons. The van der Waals surface area contributed by atoms with Crippen LogP contribution < -0.4 is 10.5 Å². The van der Waals surface area contributed by atoms with E-state index in [0.717, 1.165) is 21.5 Å². The Labute approximate surface area is 139 Å². The molecule has 0 amide bonds. The molecule has 0 fully saturated rings. The Morgan fingerprint density at radius 3 is 2.43 bits per heavy atom. The minimum atomic E-state index is -0.0482. The van der Waals surface area contributed by atoms with Gasteiger partial charge in [0.05, 0.1) is 7.11 Å². The third kappa shape index (κ3) is 4.02. The summed E-state index contributed by atoms with van der Waals surface area (Å²) in [4.78, 5) is 1.22. The van der Waals surface area contributed by atoms with Gasteiger partial charge >= 0.3 is 0 Å². The number of rotatable bonds is 5. The summed E-state index contributed by atoms with van der Waals surface area (Å²) < 4.78 is 6.64. The highest BCUT2D eigenvalue weighted by Gasteiger charge is 2.15. The van der Waals surface area contributed by atoms with Crippen molar-refractivity contribution in [1.82, 2.24) is 0 Å². The molecule has 2 aromatic rings. The molecule has 2 aromatic carbocycles. The average molecular weight is 366 g/mol. The lowest BCUT2D eigenvalue weighted by atomic mass is 10.0. The van der Waals surface area contributed by atoms with Gasteiger partial charge in [-0.15, -0.1) is 11.8 Å². The van der Waals surface area contributed by atoms with Crippen LogP contribution in [0, 0.1) is 13.8 Å². The summed E-state index contributed by atoms with van der Waals surface area (Å²) in [5, 5.41) is 0. The van der Waals surface area contributed by atoms with Crippen molar-refractivity contribution in [2.75, 3.05) is 12.9 Å². The van der Waals surface area contributed by atoms with Crippen LogP contribution >= 0.6 is 27.7 Å². The molecule has 0 aliphatic carbocycles. The smallest absolute Gasteiger partial charge is 0.126 e. The SMILES string of the molecule is COc1c(C(N)CSc2ccc(Br)cc2)ccc(C)c1C. The predicted molar refractivity (Wildman–Crippen MR) is 94.3 cm³/mol. The molecule has 0 spiro atoms. The Kier molecular flexibility index (Phi) is 5.73. The first-order valence-electron chi connectivity index (χ1n) is 6.81. The number of aryl methyl sites for hydroxylation is 1. The van der Waals surface area contributed by atoms with Crippen molar-refractivity contribution in [3.63, 3.8) is 0 Å². The lowest BCUT2D eigenvalue weighted by molar-refractivity contribution is 0.403. The van der Waals surface area contributed by atoms with E-state index in [9.17, 15) is 0 Å². The molecule has 0 saturated carbocycles. The van der Waals surface area contributed by atoms with Gasteiger partial charge in [0.25, 0.3) is 0 Å². The zero-order valence-corrected chi connectivity index (χ0v) is 14.9. The van der Waals surface area contributed by atoms with Crippen molar-refractivity contribution in [1.29, 1.82) is 0 Å². The number of thioether (sulfide) groups is 1. The first-order valence-corrected chi connectivity index (χ1v) is 8.59. The molecule has 0 heterocycles. The van der Waals surface area contributed by atoms with Crippen LogP contribution in [-0.2, 0) is 0 Å². The van der Waals surface area contributed by atoms with Crippen LogP contribution in [0.15, 0.2) is 45.8 Å². The van der Waals surface area contributed by atoms with E-state index in [0.29, 0.717) is 0 Å². The van der Waals surface area contributed by atoms with Gasteiger partial charge in [-0.25, -0.2) is 0 Å². The standard InChI is InChI=1S/C17H20BrNOS/c1-11-4-9-15(17(20-3)12(11)2)16(19)10-21-14-7-5-13(18)6-8-14/h4-9,16H,10,19H2,1-3H3. The molecule has 1 unspecified atom stereocenters. The third-order valence-corrected chi connectivity index (χ3v) is 5.21. The summed E-state index contributed by atoms with van der Waals surface area (Å²) >= 11 is 5.21. The van der Waals surface area contributed by atoms with E-state index < -0.39 is 0 Å². The van der Waals surface area contributed by atoms with Crippen molar-refractivity contribution >= 4 is 27.7 Å². The number of hydrogen-bond acceptors (Lipinski definition) is 3. The minimum Gasteiger partial charge on any atom is -0.496 e. The van der Waals surface area contributed by atoms with E-state index in [4.69, 9.17) is 10.5 Å². The Morgan fingerprint density at radius 1 is 1.14 bits per heavy atom. The molecule has 2 nitrogen and oxygen atoms in total. The van der Waals surface area contributed by atoms with Crippen LogP contribution in [0.3, 0.4) is 0 Å². The van der Waals surface area contributed by atoms with E-state index in [1.54, 1.807) is 18.9 Å². The Bertz CT molecular complexity index is 613. The van der Waals surface area contributed by atoms with Gasteiger partial charge in [0, 0.05) is 26.7 Å². The van der Waals surface area contributed by atoms with E-state index in [-0.39, 0.29) is 6.04 Å². The number of halogens is 1. The first-order chi connectivity index (χ1) is 10.0. The Hall–Kier alpha value is -0.970. The maximum atomic E-state index is 6.36. The molecule has 0 aliphatic rings. The molecule has 0 aromatic heterocycles. The van der Waals surface area contributed by atoms with Crippen LogP contribution in [0.5, 0.6) is 5.75 Å². The van der Waals surface area contributed by atoms with E-state index in [2.05, 4.69) is 54.0 Å². The van der Waals surface area contributed by atoms with Gasteiger partial charge in [-0.1, -0.05) is 28.1 Å². The third-order valence-electron chi connectivity index (χ3n) is 3.55. The second-order valence-electron chi connectivity index (χ2n) is 5.00. The largest absolute Gasteiger partial charge is 0.496 e. The Morgan fingerprint density at radius 2 is 1.81 bits per heavy atom. The fourth-order valence-electron chi connectivity index (χ4n) is 2.18. The number of hydrogen-bond donors (Lipinski definition) is 1. The van der Waals surface area contributed by atoms with Crippen molar-refractivity contribution in [3.05, 3.63) is 57.6 Å². The van der Waals surface area contributed by atoms with Gasteiger partial charge in [0.2, 0.25) is 0 Å². The average Bonchev–Trinajstić information content (AvgIpc) is 2.49. The number of nitrogens with two attached hydrogens (primary N) is 1. The number of ether oxygens (including phenoxy) is 1. The monoisotopic (exact) mass is 365 g/mol. The summed E-state index contributed by atoms with van der Waals surface area (Å²) in [7, 11) is 1.71. The molecular formula is C17H20BrNOS. The van der Waals surface area contributed by atoms with Crippen molar-refractivity contribution < 1.29 is 4.74 Å². The van der Waals surface area contributed by atoms with Crippen molar-refractivity contribution in [2.45, 2.75) is 24.8 Å². The highest BCUT2D eigenvalue weighted by atomic mass is 79.9. The second-order valence-corrected chi connectivity index (χ2v) is 7.01. The lowest BCUT2D eigenvalue weighted by Crippen LogP contribution is -2.15. The highest BCUT2D eigenvalue weighted by molar-refractivity contribution is 9.10. The molecule has 0 saturated heterocycles. The normalized spacial score (nSPS) is 12.2.